The minimum atomic E-state index is 0.490. The minimum Gasteiger partial charge on any atom is -0.329 e. The number of hydrogen-bond acceptors (Lipinski definition) is 2. The highest BCUT2D eigenvalue weighted by Crippen LogP contribution is 2.43. The molecule has 0 aromatic heterocycles. The monoisotopic (exact) mass is 173 g/mol. The summed E-state index contributed by atoms with van der Waals surface area (Å²) >= 11 is 2.09. The van der Waals surface area contributed by atoms with Gasteiger partial charge in [-0.25, -0.2) is 0 Å². The maximum atomic E-state index is 5.73. The van der Waals surface area contributed by atoms with E-state index in [1.807, 2.05) is 0 Å². The molecule has 1 aliphatic carbocycles. The zero-order valence-electron chi connectivity index (χ0n) is 7.60. The summed E-state index contributed by atoms with van der Waals surface area (Å²) in [6.07, 6.45) is 4.09. The molecule has 0 spiro atoms. The maximum Gasteiger partial charge on any atom is 0.0282 e. The van der Waals surface area contributed by atoms with E-state index in [4.69, 9.17) is 5.73 Å². The van der Waals surface area contributed by atoms with Crippen molar-refractivity contribution in [3.8, 4) is 0 Å². The molecule has 0 bridgehead atoms. The Balaban J connectivity index is 2.22. The highest BCUT2D eigenvalue weighted by atomic mass is 32.2. The van der Waals surface area contributed by atoms with E-state index in [0.717, 1.165) is 12.5 Å². The van der Waals surface area contributed by atoms with Gasteiger partial charge in [0.2, 0.25) is 0 Å². The maximum absolute atomic E-state index is 5.73. The van der Waals surface area contributed by atoms with Gasteiger partial charge in [0.25, 0.3) is 0 Å². The lowest BCUT2D eigenvalue weighted by atomic mass is 9.84. The summed E-state index contributed by atoms with van der Waals surface area (Å²) in [6, 6.07) is 0. The Bertz CT molecular complexity index is 113. The van der Waals surface area contributed by atoms with E-state index < -0.39 is 0 Å². The van der Waals surface area contributed by atoms with Gasteiger partial charge in [-0.15, -0.1) is 0 Å². The van der Waals surface area contributed by atoms with Crippen LogP contribution >= 0.6 is 11.8 Å². The Morgan fingerprint density at radius 2 is 2.09 bits per heavy atom. The second-order valence-electron chi connectivity index (χ2n) is 3.95. The van der Waals surface area contributed by atoms with Crippen molar-refractivity contribution in [3.05, 3.63) is 0 Å². The van der Waals surface area contributed by atoms with Gasteiger partial charge >= 0.3 is 0 Å². The normalized spacial score (nSPS) is 21.8. The smallest absolute Gasteiger partial charge is 0.0282 e. The predicted molar refractivity (Wildman–Crippen MR) is 52.9 cm³/mol. The summed E-state index contributed by atoms with van der Waals surface area (Å²) in [5.41, 5.74) is 5.73. The first-order valence-electron chi connectivity index (χ1n) is 4.52. The van der Waals surface area contributed by atoms with Crippen LogP contribution in [0.5, 0.6) is 0 Å². The SMILES string of the molecule is CC(C)CSC1(CN)CCC1. The fourth-order valence-electron chi connectivity index (χ4n) is 1.32. The third kappa shape index (κ3) is 2.38. The molecule has 0 aromatic carbocycles. The molecule has 66 valence electrons. The molecule has 0 saturated heterocycles. The van der Waals surface area contributed by atoms with Gasteiger partial charge in [0.15, 0.2) is 0 Å². The molecule has 0 amide bonds. The fourth-order valence-corrected chi connectivity index (χ4v) is 2.70. The molecule has 2 N–H and O–H groups in total. The third-order valence-corrected chi connectivity index (χ3v) is 4.38. The molecule has 0 aliphatic heterocycles. The highest BCUT2D eigenvalue weighted by Gasteiger charge is 2.35. The molecule has 1 fully saturated rings. The largest absolute Gasteiger partial charge is 0.329 e. The van der Waals surface area contributed by atoms with Crippen LogP contribution in [-0.4, -0.2) is 17.0 Å². The summed E-state index contributed by atoms with van der Waals surface area (Å²) in [4.78, 5) is 0. The van der Waals surface area contributed by atoms with Crippen molar-refractivity contribution < 1.29 is 0 Å². The minimum absolute atomic E-state index is 0.490. The van der Waals surface area contributed by atoms with E-state index in [0.29, 0.717) is 4.75 Å². The molecular formula is C9H19NS. The van der Waals surface area contributed by atoms with Gasteiger partial charge in [0.1, 0.15) is 0 Å². The van der Waals surface area contributed by atoms with Crippen molar-refractivity contribution in [2.45, 2.75) is 37.9 Å². The molecule has 1 aliphatic rings. The van der Waals surface area contributed by atoms with E-state index >= 15 is 0 Å². The molecule has 0 unspecified atom stereocenters. The van der Waals surface area contributed by atoms with Crippen LogP contribution in [0.1, 0.15) is 33.1 Å². The van der Waals surface area contributed by atoms with Crippen molar-refractivity contribution in [2.24, 2.45) is 11.7 Å². The van der Waals surface area contributed by atoms with Gasteiger partial charge in [0.05, 0.1) is 0 Å². The first-order valence-corrected chi connectivity index (χ1v) is 5.51. The third-order valence-electron chi connectivity index (χ3n) is 2.36. The highest BCUT2D eigenvalue weighted by molar-refractivity contribution is 8.00. The molecule has 0 heterocycles. The van der Waals surface area contributed by atoms with Gasteiger partial charge in [-0.05, 0) is 24.5 Å². The Morgan fingerprint density at radius 3 is 2.36 bits per heavy atom. The summed E-state index contributed by atoms with van der Waals surface area (Å²) in [7, 11) is 0. The van der Waals surface area contributed by atoms with Crippen LogP contribution in [0, 0.1) is 5.92 Å². The van der Waals surface area contributed by atoms with Crippen LogP contribution in [0.2, 0.25) is 0 Å². The number of hydrogen-bond donors (Lipinski definition) is 1. The quantitative estimate of drug-likeness (QED) is 0.705. The molecule has 1 saturated carbocycles. The van der Waals surface area contributed by atoms with Crippen LogP contribution in [0.3, 0.4) is 0 Å². The first kappa shape index (κ1) is 9.40. The van der Waals surface area contributed by atoms with Crippen LogP contribution in [0.25, 0.3) is 0 Å². The summed E-state index contributed by atoms with van der Waals surface area (Å²) in [5, 5.41) is 0. The molecule has 2 heteroatoms. The lowest BCUT2D eigenvalue weighted by Crippen LogP contribution is -2.41. The Morgan fingerprint density at radius 1 is 1.45 bits per heavy atom. The van der Waals surface area contributed by atoms with E-state index in [1.54, 1.807) is 0 Å². The predicted octanol–water partition coefficient (Wildman–Crippen LogP) is 2.26. The van der Waals surface area contributed by atoms with E-state index in [1.165, 1.54) is 25.0 Å². The van der Waals surface area contributed by atoms with Crippen LogP contribution < -0.4 is 5.73 Å². The first-order chi connectivity index (χ1) is 5.18. The van der Waals surface area contributed by atoms with Gasteiger partial charge < -0.3 is 5.73 Å². The number of rotatable bonds is 4. The molecule has 0 aromatic rings. The molecule has 11 heavy (non-hydrogen) atoms. The van der Waals surface area contributed by atoms with Gasteiger partial charge in [-0.2, -0.15) is 11.8 Å². The summed E-state index contributed by atoms with van der Waals surface area (Å²) in [6.45, 7) is 5.43. The van der Waals surface area contributed by atoms with Gasteiger partial charge in [0, 0.05) is 11.3 Å². The van der Waals surface area contributed by atoms with E-state index in [2.05, 4.69) is 25.6 Å². The average molecular weight is 173 g/mol. The van der Waals surface area contributed by atoms with Crippen molar-refractivity contribution in [1.82, 2.24) is 0 Å². The molecule has 1 rings (SSSR count). The van der Waals surface area contributed by atoms with Gasteiger partial charge in [-0.3, -0.25) is 0 Å². The lowest BCUT2D eigenvalue weighted by Gasteiger charge is -2.40. The van der Waals surface area contributed by atoms with Crippen molar-refractivity contribution >= 4 is 11.8 Å². The Labute approximate surface area is 74.1 Å². The Kier molecular flexibility index (Phi) is 3.26. The molecular weight excluding hydrogens is 154 g/mol. The Hall–Kier alpha value is 0.310. The van der Waals surface area contributed by atoms with Crippen molar-refractivity contribution in [2.75, 3.05) is 12.3 Å². The van der Waals surface area contributed by atoms with Crippen LogP contribution in [0.15, 0.2) is 0 Å². The second-order valence-corrected chi connectivity index (χ2v) is 5.43. The summed E-state index contributed by atoms with van der Waals surface area (Å²) in [5.74, 6) is 2.08. The second kappa shape index (κ2) is 3.81. The fraction of sp³-hybridized carbons (Fsp3) is 1.00. The van der Waals surface area contributed by atoms with Crippen molar-refractivity contribution in [3.63, 3.8) is 0 Å². The molecule has 1 nitrogen and oxygen atoms in total. The average Bonchev–Trinajstić information content (AvgIpc) is 1.86. The zero-order chi connectivity index (χ0) is 8.32. The molecule has 0 radical (unpaired) electrons. The van der Waals surface area contributed by atoms with Crippen LogP contribution in [-0.2, 0) is 0 Å². The number of nitrogens with two attached hydrogens (primary N) is 1. The topological polar surface area (TPSA) is 26.0 Å². The molecule has 0 atom stereocenters. The van der Waals surface area contributed by atoms with Crippen LogP contribution in [0.4, 0.5) is 0 Å². The van der Waals surface area contributed by atoms with E-state index in [-0.39, 0.29) is 0 Å². The van der Waals surface area contributed by atoms with E-state index in [9.17, 15) is 0 Å². The zero-order valence-corrected chi connectivity index (χ0v) is 8.41. The lowest BCUT2D eigenvalue weighted by molar-refractivity contribution is 0.370. The number of thioether (sulfide) groups is 1. The standard InChI is InChI=1S/C9H19NS/c1-8(2)6-11-9(7-10)4-3-5-9/h8H,3-7,10H2,1-2H3. The summed E-state index contributed by atoms with van der Waals surface area (Å²) < 4.78 is 0.490. The van der Waals surface area contributed by atoms with Gasteiger partial charge in [-0.1, -0.05) is 20.3 Å². The van der Waals surface area contributed by atoms with Crippen molar-refractivity contribution in [1.29, 1.82) is 0 Å².